The van der Waals surface area contributed by atoms with E-state index in [0.29, 0.717) is 12.6 Å². The molecule has 10 heteroatoms. The highest BCUT2D eigenvalue weighted by Crippen LogP contribution is 2.43. The molecular formula is C20H23F5N4O. The van der Waals surface area contributed by atoms with Gasteiger partial charge in [0.2, 0.25) is 0 Å². The first-order valence-corrected chi connectivity index (χ1v) is 9.49. The van der Waals surface area contributed by atoms with E-state index in [9.17, 15) is 27.1 Å². The summed E-state index contributed by atoms with van der Waals surface area (Å²) in [6.07, 6.45) is -1.53. The largest absolute Gasteiger partial charge is 0.421 e. The predicted molar refractivity (Wildman–Crippen MR) is 100 cm³/mol. The molecule has 30 heavy (non-hydrogen) atoms. The molecule has 0 unspecified atom stereocenters. The van der Waals surface area contributed by atoms with Crippen LogP contribution in [0.5, 0.6) is 0 Å². The van der Waals surface area contributed by atoms with Crippen LogP contribution < -0.4 is 5.32 Å². The number of alkyl halides is 5. The lowest BCUT2D eigenvalue weighted by molar-refractivity contribution is -0.137. The van der Waals surface area contributed by atoms with E-state index in [1.165, 1.54) is 18.5 Å². The molecule has 2 N–H and O–H groups in total. The van der Waals surface area contributed by atoms with Crippen LogP contribution in [0.3, 0.4) is 0 Å². The Hall–Kier alpha value is -2.36. The van der Waals surface area contributed by atoms with E-state index >= 15 is 0 Å². The molecule has 0 aromatic carbocycles. The van der Waals surface area contributed by atoms with Crippen LogP contribution in [0.2, 0.25) is 0 Å². The summed E-state index contributed by atoms with van der Waals surface area (Å²) in [6.45, 7) is 4.28. The van der Waals surface area contributed by atoms with Crippen LogP contribution in [0.25, 0.3) is 0 Å². The summed E-state index contributed by atoms with van der Waals surface area (Å²) < 4.78 is 67.7. The van der Waals surface area contributed by atoms with Gasteiger partial charge in [-0.05, 0) is 24.5 Å². The highest BCUT2D eigenvalue weighted by molar-refractivity contribution is 5.47. The molecule has 1 fully saturated rings. The number of hydrogen-bond donors (Lipinski definition) is 2. The summed E-state index contributed by atoms with van der Waals surface area (Å²) in [4.78, 5) is 11.7. The van der Waals surface area contributed by atoms with E-state index in [2.05, 4.69) is 20.3 Å². The molecule has 0 saturated heterocycles. The minimum absolute atomic E-state index is 0.0677. The molecule has 2 atom stereocenters. The molecule has 3 rings (SSSR count). The van der Waals surface area contributed by atoms with Crippen molar-refractivity contribution >= 4 is 5.82 Å². The maximum absolute atomic E-state index is 13.8. The molecule has 0 radical (unpaired) electrons. The average molecular weight is 430 g/mol. The maximum Gasteiger partial charge on any atom is 0.421 e. The average Bonchev–Trinajstić information content (AvgIpc) is 2.65. The molecular weight excluding hydrogens is 407 g/mol. The van der Waals surface area contributed by atoms with Crippen LogP contribution in [0.1, 0.15) is 49.7 Å². The second-order valence-corrected chi connectivity index (χ2v) is 8.24. The fourth-order valence-corrected chi connectivity index (χ4v) is 3.47. The van der Waals surface area contributed by atoms with Gasteiger partial charge in [-0.15, -0.1) is 0 Å². The van der Waals surface area contributed by atoms with Gasteiger partial charge in [0.05, 0.1) is 6.10 Å². The van der Waals surface area contributed by atoms with Gasteiger partial charge >= 0.3 is 6.18 Å². The third kappa shape index (κ3) is 4.53. The lowest BCUT2D eigenvalue weighted by atomic mass is 9.64. The van der Waals surface area contributed by atoms with E-state index < -0.39 is 29.2 Å². The molecule has 2 aromatic rings. The van der Waals surface area contributed by atoms with Crippen LogP contribution in [0, 0.1) is 5.41 Å². The molecule has 2 aromatic heterocycles. The van der Waals surface area contributed by atoms with Crippen LogP contribution in [0.15, 0.2) is 24.7 Å². The Morgan fingerprint density at radius 1 is 1.13 bits per heavy atom. The Morgan fingerprint density at radius 2 is 1.83 bits per heavy atom. The Kier molecular flexibility index (Phi) is 5.74. The van der Waals surface area contributed by atoms with Gasteiger partial charge in [0.15, 0.2) is 0 Å². The van der Waals surface area contributed by atoms with Crippen molar-refractivity contribution in [2.75, 3.05) is 5.32 Å². The predicted octanol–water partition coefficient (Wildman–Crippen LogP) is 4.36. The zero-order valence-corrected chi connectivity index (χ0v) is 16.8. The monoisotopic (exact) mass is 430 g/mol. The molecule has 0 bridgehead atoms. The third-order valence-corrected chi connectivity index (χ3v) is 5.67. The van der Waals surface area contributed by atoms with Crippen molar-refractivity contribution in [2.45, 2.75) is 64.3 Å². The number of pyridine rings is 1. The molecule has 0 aliphatic heterocycles. The first-order valence-electron chi connectivity index (χ1n) is 9.49. The van der Waals surface area contributed by atoms with Gasteiger partial charge < -0.3 is 10.4 Å². The molecule has 1 aliphatic rings. The first-order chi connectivity index (χ1) is 13.8. The quantitative estimate of drug-likeness (QED) is 0.667. The van der Waals surface area contributed by atoms with Crippen LogP contribution in [-0.4, -0.2) is 32.2 Å². The first kappa shape index (κ1) is 22.3. The lowest BCUT2D eigenvalue weighted by Crippen LogP contribution is -2.57. The Bertz CT molecular complexity index is 911. The van der Waals surface area contributed by atoms with Crippen molar-refractivity contribution in [1.82, 2.24) is 15.0 Å². The summed E-state index contributed by atoms with van der Waals surface area (Å²) in [5.74, 6) is -3.34. The van der Waals surface area contributed by atoms with Gasteiger partial charge in [-0.3, -0.25) is 4.98 Å². The number of aliphatic hydroxyl groups is 1. The minimum atomic E-state index is -4.66. The Balaban J connectivity index is 1.84. The maximum atomic E-state index is 13.8. The topological polar surface area (TPSA) is 70.9 Å². The zero-order valence-electron chi connectivity index (χ0n) is 16.8. The highest BCUT2D eigenvalue weighted by atomic mass is 19.4. The SMILES string of the molecule is CC(F)(F)c1ccncc1CCc1ncc(C(F)(F)F)c(N[C@H]2C[C@H](O)C2(C)C)n1. The van der Waals surface area contributed by atoms with Crippen LogP contribution >= 0.6 is 0 Å². The van der Waals surface area contributed by atoms with Crippen molar-refractivity contribution in [1.29, 1.82) is 0 Å². The molecule has 164 valence electrons. The summed E-state index contributed by atoms with van der Waals surface area (Å²) in [5, 5.41) is 12.6. The normalized spacial score (nSPS) is 21.2. The highest BCUT2D eigenvalue weighted by Gasteiger charge is 2.48. The molecule has 5 nitrogen and oxygen atoms in total. The minimum Gasteiger partial charge on any atom is -0.392 e. The molecule has 2 heterocycles. The Labute approximate surface area is 170 Å². The number of halogens is 5. The number of aryl methyl sites for hydroxylation is 2. The zero-order chi connectivity index (χ0) is 22.3. The fourth-order valence-electron chi connectivity index (χ4n) is 3.47. The molecule has 0 spiro atoms. The lowest BCUT2D eigenvalue weighted by Gasteiger charge is -2.49. The number of aromatic nitrogens is 3. The van der Waals surface area contributed by atoms with Gasteiger partial charge in [-0.25, -0.2) is 18.7 Å². The van der Waals surface area contributed by atoms with E-state index in [1.54, 1.807) is 13.8 Å². The van der Waals surface area contributed by atoms with Gasteiger partial charge in [-0.1, -0.05) is 13.8 Å². The van der Waals surface area contributed by atoms with Gasteiger partial charge in [0, 0.05) is 49.0 Å². The van der Waals surface area contributed by atoms with Crippen molar-refractivity contribution in [3.63, 3.8) is 0 Å². The number of hydrogen-bond acceptors (Lipinski definition) is 5. The van der Waals surface area contributed by atoms with E-state index in [1.807, 2.05) is 0 Å². The fraction of sp³-hybridized carbons (Fsp3) is 0.550. The van der Waals surface area contributed by atoms with E-state index in [0.717, 1.165) is 6.92 Å². The number of aliphatic hydroxyl groups excluding tert-OH is 1. The third-order valence-electron chi connectivity index (χ3n) is 5.67. The molecule has 1 aliphatic carbocycles. The smallest absolute Gasteiger partial charge is 0.392 e. The summed E-state index contributed by atoms with van der Waals surface area (Å²) in [6, 6.07) is 0.833. The summed E-state index contributed by atoms with van der Waals surface area (Å²) in [5.41, 5.74) is -1.52. The van der Waals surface area contributed by atoms with Crippen molar-refractivity contribution in [3.05, 3.63) is 47.2 Å². The van der Waals surface area contributed by atoms with Gasteiger partial charge in [-0.2, -0.15) is 13.2 Å². The number of rotatable bonds is 6. The second-order valence-electron chi connectivity index (χ2n) is 8.24. The number of nitrogens with one attached hydrogen (secondary N) is 1. The van der Waals surface area contributed by atoms with Gasteiger partial charge in [0.1, 0.15) is 17.2 Å². The molecule has 1 saturated carbocycles. The van der Waals surface area contributed by atoms with Crippen molar-refractivity contribution in [2.24, 2.45) is 5.41 Å². The number of anilines is 1. The van der Waals surface area contributed by atoms with E-state index in [4.69, 9.17) is 0 Å². The summed E-state index contributed by atoms with van der Waals surface area (Å²) >= 11 is 0. The Morgan fingerprint density at radius 3 is 2.40 bits per heavy atom. The number of nitrogens with zero attached hydrogens (tertiary/aromatic N) is 3. The van der Waals surface area contributed by atoms with E-state index in [-0.39, 0.29) is 41.7 Å². The van der Waals surface area contributed by atoms with Crippen molar-refractivity contribution in [3.8, 4) is 0 Å². The van der Waals surface area contributed by atoms with Crippen LogP contribution in [-0.2, 0) is 24.9 Å². The van der Waals surface area contributed by atoms with Gasteiger partial charge in [0.25, 0.3) is 5.92 Å². The molecule has 0 amide bonds. The summed E-state index contributed by atoms with van der Waals surface area (Å²) in [7, 11) is 0. The van der Waals surface area contributed by atoms with Crippen molar-refractivity contribution < 1.29 is 27.1 Å². The van der Waals surface area contributed by atoms with Crippen LogP contribution in [0.4, 0.5) is 27.8 Å². The standard InChI is InChI=1S/C20H23F5N4O/c1-18(2)14(8-15(18)30)28-17-13(20(23,24)25)10-27-16(29-17)5-4-11-9-26-7-6-12(11)19(3,21)22/h6-7,9-10,14-15,30H,4-5,8H2,1-3H3,(H,27,28,29)/t14-,15-/m0/s1. The second kappa shape index (κ2) is 7.72.